The van der Waals surface area contributed by atoms with Crippen LogP contribution in [-0.2, 0) is 14.3 Å². The number of amides is 2. The molecule has 2 amide bonds. The summed E-state index contributed by atoms with van der Waals surface area (Å²) >= 11 is 6.05. The van der Waals surface area contributed by atoms with E-state index in [0.717, 1.165) is 11.1 Å². The molecule has 7 heteroatoms. The van der Waals surface area contributed by atoms with Gasteiger partial charge in [-0.3, -0.25) is 9.59 Å². The highest BCUT2D eigenvalue weighted by molar-refractivity contribution is 6.31. The first-order chi connectivity index (χ1) is 12.9. The van der Waals surface area contributed by atoms with Crippen molar-refractivity contribution in [3.8, 4) is 0 Å². The van der Waals surface area contributed by atoms with Gasteiger partial charge in [-0.05, 0) is 37.1 Å². The van der Waals surface area contributed by atoms with Gasteiger partial charge >= 0.3 is 0 Å². The van der Waals surface area contributed by atoms with Crippen LogP contribution in [0.4, 0.5) is 5.69 Å². The number of rotatable bonds is 7. The number of hydrogen-bond acceptors (Lipinski definition) is 4. The number of hydrazone groups is 1. The SMILES string of the molecule is CO[C@H](C(=O)N/N=C(/C)CC(=O)Nc1ccc(C)c(Cl)c1)c1ccccc1. The van der Waals surface area contributed by atoms with Crippen molar-refractivity contribution in [1.82, 2.24) is 5.43 Å². The lowest BCUT2D eigenvalue weighted by molar-refractivity contribution is -0.131. The third kappa shape index (κ3) is 6.20. The molecule has 0 fully saturated rings. The second-order valence-electron chi connectivity index (χ2n) is 6.04. The van der Waals surface area contributed by atoms with Crippen LogP contribution in [0.15, 0.2) is 53.6 Å². The summed E-state index contributed by atoms with van der Waals surface area (Å²) in [4.78, 5) is 24.4. The van der Waals surface area contributed by atoms with Crippen LogP contribution in [0.2, 0.25) is 5.02 Å². The molecule has 0 saturated carbocycles. The minimum atomic E-state index is -0.772. The largest absolute Gasteiger partial charge is 0.367 e. The first-order valence-corrected chi connectivity index (χ1v) is 8.75. The highest BCUT2D eigenvalue weighted by Crippen LogP contribution is 2.20. The summed E-state index contributed by atoms with van der Waals surface area (Å²) in [6, 6.07) is 14.4. The number of halogens is 1. The first kappa shape index (κ1) is 20.6. The Bertz CT molecular complexity index is 838. The number of anilines is 1. The normalized spacial score (nSPS) is 12.4. The Balaban J connectivity index is 1.91. The lowest BCUT2D eigenvalue weighted by Crippen LogP contribution is -2.28. The van der Waals surface area contributed by atoms with Crippen molar-refractivity contribution in [2.75, 3.05) is 12.4 Å². The average molecular weight is 388 g/mol. The molecule has 0 heterocycles. The van der Waals surface area contributed by atoms with E-state index in [4.69, 9.17) is 16.3 Å². The topological polar surface area (TPSA) is 79.8 Å². The van der Waals surface area contributed by atoms with Gasteiger partial charge in [0, 0.05) is 23.5 Å². The lowest BCUT2D eigenvalue weighted by Gasteiger charge is -2.14. The van der Waals surface area contributed by atoms with Crippen LogP contribution in [0, 0.1) is 6.92 Å². The fourth-order valence-electron chi connectivity index (χ4n) is 2.38. The highest BCUT2D eigenvalue weighted by atomic mass is 35.5. The molecule has 2 aromatic rings. The van der Waals surface area contributed by atoms with Gasteiger partial charge in [-0.1, -0.05) is 48.0 Å². The van der Waals surface area contributed by atoms with Crippen molar-refractivity contribution in [3.63, 3.8) is 0 Å². The predicted octanol–water partition coefficient (Wildman–Crippen LogP) is 3.86. The van der Waals surface area contributed by atoms with Gasteiger partial charge in [-0.2, -0.15) is 5.10 Å². The number of hydrogen-bond donors (Lipinski definition) is 2. The van der Waals surface area contributed by atoms with Crippen LogP contribution in [-0.4, -0.2) is 24.6 Å². The monoisotopic (exact) mass is 387 g/mol. The van der Waals surface area contributed by atoms with Crippen LogP contribution in [0.5, 0.6) is 0 Å². The summed E-state index contributed by atoms with van der Waals surface area (Å²) in [6.07, 6.45) is -0.735. The number of ether oxygens (including phenoxy) is 1. The molecule has 0 aliphatic rings. The summed E-state index contributed by atoms with van der Waals surface area (Å²) in [5, 5.41) is 7.31. The summed E-state index contributed by atoms with van der Waals surface area (Å²) in [5.74, 6) is -0.662. The quantitative estimate of drug-likeness (QED) is 0.559. The van der Waals surface area contributed by atoms with Gasteiger partial charge in [0.1, 0.15) is 0 Å². The summed E-state index contributed by atoms with van der Waals surface area (Å²) in [6.45, 7) is 3.54. The zero-order valence-electron chi connectivity index (χ0n) is 15.5. The van der Waals surface area contributed by atoms with Crippen molar-refractivity contribution >= 4 is 34.8 Å². The zero-order chi connectivity index (χ0) is 19.8. The van der Waals surface area contributed by atoms with Crippen molar-refractivity contribution < 1.29 is 14.3 Å². The van der Waals surface area contributed by atoms with Gasteiger partial charge in [0.2, 0.25) is 5.91 Å². The third-order valence-corrected chi connectivity index (χ3v) is 4.21. The molecule has 142 valence electrons. The molecule has 27 heavy (non-hydrogen) atoms. The van der Waals surface area contributed by atoms with E-state index in [-0.39, 0.29) is 12.3 Å². The smallest absolute Gasteiger partial charge is 0.273 e. The van der Waals surface area contributed by atoms with E-state index in [0.29, 0.717) is 16.4 Å². The van der Waals surface area contributed by atoms with E-state index in [2.05, 4.69) is 15.8 Å². The maximum Gasteiger partial charge on any atom is 0.273 e. The Morgan fingerprint density at radius 3 is 2.52 bits per heavy atom. The molecule has 0 aromatic heterocycles. The van der Waals surface area contributed by atoms with Crippen LogP contribution in [0.1, 0.15) is 30.6 Å². The Morgan fingerprint density at radius 2 is 1.89 bits per heavy atom. The number of methoxy groups -OCH3 is 1. The van der Waals surface area contributed by atoms with Crippen LogP contribution in [0.25, 0.3) is 0 Å². The fraction of sp³-hybridized carbons (Fsp3) is 0.250. The van der Waals surface area contributed by atoms with Crippen LogP contribution in [0.3, 0.4) is 0 Å². The molecule has 0 aliphatic heterocycles. The van der Waals surface area contributed by atoms with Gasteiger partial charge in [0.15, 0.2) is 6.10 Å². The molecule has 6 nitrogen and oxygen atoms in total. The van der Waals surface area contributed by atoms with Crippen molar-refractivity contribution in [1.29, 1.82) is 0 Å². The number of carbonyl (C=O) groups is 2. The van der Waals surface area contributed by atoms with Crippen LogP contribution >= 0.6 is 11.6 Å². The first-order valence-electron chi connectivity index (χ1n) is 8.37. The molecular formula is C20H22ClN3O3. The standard InChI is InChI=1S/C20H22ClN3O3/c1-13-9-10-16(12-17(13)21)22-18(25)11-14(2)23-24-20(26)19(27-3)15-7-5-4-6-8-15/h4-10,12,19H,11H2,1-3H3,(H,22,25)(H,24,26)/b23-14-/t19-/m0/s1. The molecule has 0 radical (unpaired) electrons. The molecule has 0 saturated heterocycles. The third-order valence-electron chi connectivity index (χ3n) is 3.81. The van der Waals surface area contributed by atoms with Gasteiger partial charge < -0.3 is 10.1 Å². The minimum absolute atomic E-state index is 0.0365. The van der Waals surface area contributed by atoms with Crippen molar-refractivity contribution in [3.05, 3.63) is 64.7 Å². The van der Waals surface area contributed by atoms with E-state index in [9.17, 15) is 9.59 Å². The number of nitrogens with zero attached hydrogens (tertiary/aromatic N) is 1. The fourth-order valence-corrected chi connectivity index (χ4v) is 2.56. The summed E-state index contributed by atoms with van der Waals surface area (Å²) in [7, 11) is 1.45. The van der Waals surface area contributed by atoms with E-state index < -0.39 is 12.0 Å². The maximum atomic E-state index is 12.3. The molecule has 0 spiro atoms. The minimum Gasteiger partial charge on any atom is -0.367 e. The van der Waals surface area contributed by atoms with Gasteiger partial charge in [-0.15, -0.1) is 0 Å². The van der Waals surface area contributed by atoms with Crippen molar-refractivity contribution in [2.45, 2.75) is 26.4 Å². The van der Waals surface area contributed by atoms with Crippen LogP contribution < -0.4 is 10.7 Å². The second kappa shape index (κ2) is 9.85. The average Bonchev–Trinajstić information content (AvgIpc) is 2.64. The molecule has 2 rings (SSSR count). The maximum absolute atomic E-state index is 12.3. The van der Waals surface area contributed by atoms with Crippen molar-refractivity contribution in [2.24, 2.45) is 5.10 Å². The Morgan fingerprint density at radius 1 is 1.19 bits per heavy atom. The molecule has 0 unspecified atom stereocenters. The van der Waals surface area contributed by atoms with Gasteiger partial charge in [0.25, 0.3) is 5.91 Å². The van der Waals surface area contributed by atoms with Gasteiger partial charge in [-0.25, -0.2) is 5.43 Å². The Hall–Kier alpha value is -2.70. The second-order valence-corrected chi connectivity index (χ2v) is 6.45. The molecule has 1 atom stereocenters. The lowest BCUT2D eigenvalue weighted by atomic mass is 10.1. The molecule has 2 N–H and O–H groups in total. The summed E-state index contributed by atoms with van der Waals surface area (Å²) in [5.41, 5.74) is 5.16. The summed E-state index contributed by atoms with van der Waals surface area (Å²) < 4.78 is 5.24. The number of aryl methyl sites for hydroxylation is 1. The van der Waals surface area contributed by atoms with E-state index in [1.165, 1.54) is 7.11 Å². The zero-order valence-corrected chi connectivity index (χ0v) is 16.2. The van der Waals surface area contributed by atoms with Gasteiger partial charge in [0.05, 0.1) is 6.42 Å². The predicted molar refractivity (Wildman–Crippen MR) is 107 cm³/mol. The number of carbonyl (C=O) groups excluding carboxylic acids is 2. The van der Waals surface area contributed by atoms with E-state index in [1.807, 2.05) is 31.2 Å². The Labute approximate surface area is 163 Å². The number of nitrogens with one attached hydrogen (secondary N) is 2. The number of benzene rings is 2. The molecular weight excluding hydrogens is 366 g/mol. The molecule has 0 bridgehead atoms. The highest BCUT2D eigenvalue weighted by Gasteiger charge is 2.19. The molecule has 0 aliphatic carbocycles. The molecule has 2 aromatic carbocycles. The van der Waals surface area contributed by atoms with E-state index in [1.54, 1.807) is 31.2 Å². The Kier molecular flexibility index (Phi) is 7.52. The van der Waals surface area contributed by atoms with E-state index >= 15 is 0 Å².